The van der Waals surface area contributed by atoms with E-state index in [4.69, 9.17) is 9.47 Å². The number of halogens is 1. The van der Waals surface area contributed by atoms with Crippen LogP contribution in [0.25, 0.3) is 0 Å². The first-order valence-corrected chi connectivity index (χ1v) is 8.62. The Balaban J connectivity index is 0.00000288. The highest BCUT2D eigenvalue weighted by atomic mass is 35.5. The molecule has 1 heterocycles. The number of hydrogen-bond acceptors (Lipinski definition) is 4. The van der Waals surface area contributed by atoms with Crippen LogP contribution in [0.1, 0.15) is 39.2 Å². The molecule has 1 aliphatic rings. The highest BCUT2D eigenvalue weighted by Gasteiger charge is 2.21. The molecule has 0 amide bonds. The Kier molecular flexibility index (Phi) is 9.34. The van der Waals surface area contributed by atoms with Crippen LogP contribution in [0.15, 0.2) is 24.3 Å². The SMILES string of the molecule is CC(=O)CCc1ccc(OCCCN2CC(C)OC(C)C2)cc1.Cl. The van der Waals surface area contributed by atoms with Crippen LogP contribution in [0.2, 0.25) is 0 Å². The molecule has 2 unspecified atom stereocenters. The summed E-state index contributed by atoms with van der Waals surface area (Å²) in [6.07, 6.45) is 3.08. The van der Waals surface area contributed by atoms with E-state index >= 15 is 0 Å². The van der Waals surface area contributed by atoms with E-state index in [9.17, 15) is 4.79 Å². The Hall–Kier alpha value is -1.10. The molecule has 2 atom stereocenters. The van der Waals surface area contributed by atoms with Crippen LogP contribution in [0, 0.1) is 0 Å². The van der Waals surface area contributed by atoms with Gasteiger partial charge in [-0.15, -0.1) is 12.4 Å². The predicted octanol–water partition coefficient (Wildman–Crippen LogP) is 3.51. The maximum absolute atomic E-state index is 11.0. The first-order chi connectivity index (χ1) is 11.0. The molecule has 0 radical (unpaired) electrons. The second-order valence-corrected chi connectivity index (χ2v) is 6.56. The molecule has 0 aliphatic carbocycles. The maximum Gasteiger partial charge on any atom is 0.130 e. The molecule has 0 saturated carbocycles. The zero-order valence-electron chi connectivity index (χ0n) is 15.0. The molecule has 4 nitrogen and oxygen atoms in total. The zero-order chi connectivity index (χ0) is 16.7. The van der Waals surface area contributed by atoms with Gasteiger partial charge in [-0.1, -0.05) is 12.1 Å². The molecule has 1 fully saturated rings. The first kappa shape index (κ1) is 20.9. The molecule has 0 aromatic heterocycles. The third-order valence-electron chi connectivity index (χ3n) is 4.07. The lowest BCUT2D eigenvalue weighted by Gasteiger charge is -2.35. The van der Waals surface area contributed by atoms with Gasteiger partial charge in [0.05, 0.1) is 18.8 Å². The van der Waals surface area contributed by atoms with Crippen molar-refractivity contribution in [2.75, 3.05) is 26.2 Å². The van der Waals surface area contributed by atoms with E-state index in [-0.39, 0.29) is 18.2 Å². The molecule has 24 heavy (non-hydrogen) atoms. The number of ether oxygens (including phenoxy) is 2. The van der Waals surface area contributed by atoms with Gasteiger partial charge in [0.2, 0.25) is 0 Å². The molecule has 2 rings (SSSR count). The fraction of sp³-hybridized carbons (Fsp3) is 0.632. The summed E-state index contributed by atoms with van der Waals surface area (Å²) in [5, 5.41) is 0. The first-order valence-electron chi connectivity index (χ1n) is 8.62. The molecule has 1 aromatic carbocycles. The van der Waals surface area contributed by atoms with E-state index in [1.165, 1.54) is 5.56 Å². The fourth-order valence-electron chi connectivity index (χ4n) is 3.02. The van der Waals surface area contributed by atoms with Crippen molar-refractivity contribution in [2.24, 2.45) is 0 Å². The Morgan fingerprint density at radius 2 is 1.83 bits per heavy atom. The van der Waals surface area contributed by atoms with Crippen LogP contribution in [-0.4, -0.2) is 49.1 Å². The number of Topliss-reactive ketones (excluding diaryl/α,β-unsaturated/α-hetero) is 1. The van der Waals surface area contributed by atoms with Gasteiger partial charge in [-0.05, 0) is 51.3 Å². The highest BCUT2D eigenvalue weighted by Crippen LogP contribution is 2.14. The average molecular weight is 356 g/mol. The van der Waals surface area contributed by atoms with Crippen LogP contribution in [0.5, 0.6) is 5.75 Å². The minimum Gasteiger partial charge on any atom is -0.494 e. The smallest absolute Gasteiger partial charge is 0.130 e. The Labute approximate surface area is 151 Å². The fourth-order valence-corrected chi connectivity index (χ4v) is 3.02. The van der Waals surface area contributed by atoms with Crippen LogP contribution in [0.3, 0.4) is 0 Å². The summed E-state index contributed by atoms with van der Waals surface area (Å²) < 4.78 is 11.6. The van der Waals surface area contributed by atoms with Gasteiger partial charge in [0, 0.05) is 26.1 Å². The van der Waals surface area contributed by atoms with Crippen LogP contribution in [-0.2, 0) is 16.0 Å². The molecule has 136 valence electrons. The second kappa shape index (κ2) is 10.7. The van der Waals surface area contributed by atoms with E-state index in [1.54, 1.807) is 6.92 Å². The summed E-state index contributed by atoms with van der Waals surface area (Å²) in [6.45, 7) is 9.69. The normalized spacial score (nSPS) is 21.1. The Bertz CT molecular complexity index is 482. The summed E-state index contributed by atoms with van der Waals surface area (Å²) >= 11 is 0. The molecular weight excluding hydrogens is 326 g/mol. The number of aryl methyl sites for hydroxylation is 1. The van der Waals surface area contributed by atoms with Crippen molar-refractivity contribution >= 4 is 18.2 Å². The number of rotatable bonds is 8. The molecular formula is C19H30ClNO3. The lowest BCUT2D eigenvalue weighted by molar-refractivity contribution is -0.116. The summed E-state index contributed by atoms with van der Waals surface area (Å²) in [5.74, 6) is 1.14. The van der Waals surface area contributed by atoms with E-state index in [0.29, 0.717) is 18.6 Å². The molecule has 5 heteroatoms. The van der Waals surface area contributed by atoms with Gasteiger partial charge in [-0.25, -0.2) is 0 Å². The van der Waals surface area contributed by atoms with Crippen molar-refractivity contribution < 1.29 is 14.3 Å². The quantitative estimate of drug-likeness (QED) is 0.669. The van der Waals surface area contributed by atoms with Gasteiger partial charge in [-0.2, -0.15) is 0 Å². The van der Waals surface area contributed by atoms with E-state index in [0.717, 1.165) is 44.8 Å². The maximum atomic E-state index is 11.0. The highest BCUT2D eigenvalue weighted by molar-refractivity contribution is 5.85. The van der Waals surface area contributed by atoms with E-state index < -0.39 is 0 Å². The molecule has 0 spiro atoms. The predicted molar refractivity (Wildman–Crippen MR) is 99.3 cm³/mol. The van der Waals surface area contributed by atoms with Crippen molar-refractivity contribution in [2.45, 2.75) is 52.2 Å². The third-order valence-corrected chi connectivity index (χ3v) is 4.07. The van der Waals surface area contributed by atoms with Crippen molar-refractivity contribution in [3.8, 4) is 5.75 Å². The number of carbonyl (C=O) groups is 1. The number of carbonyl (C=O) groups excluding carboxylic acids is 1. The van der Waals surface area contributed by atoms with Crippen molar-refractivity contribution in [1.82, 2.24) is 4.90 Å². The number of ketones is 1. The molecule has 1 saturated heterocycles. The standard InChI is InChI=1S/C19H29NO3.ClH/c1-15(21)5-6-18-7-9-19(10-8-18)22-12-4-11-20-13-16(2)23-17(3)14-20;/h7-10,16-17H,4-6,11-14H2,1-3H3;1H. The summed E-state index contributed by atoms with van der Waals surface area (Å²) in [5.41, 5.74) is 1.18. The lowest BCUT2D eigenvalue weighted by atomic mass is 10.1. The van der Waals surface area contributed by atoms with Crippen LogP contribution >= 0.6 is 12.4 Å². The van der Waals surface area contributed by atoms with Crippen molar-refractivity contribution in [3.63, 3.8) is 0 Å². The number of nitrogens with zero attached hydrogens (tertiary/aromatic N) is 1. The Morgan fingerprint density at radius 3 is 2.42 bits per heavy atom. The minimum absolute atomic E-state index is 0. The van der Waals surface area contributed by atoms with Gasteiger partial charge in [0.25, 0.3) is 0 Å². The number of hydrogen-bond donors (Lipinski definition) is 0. The molecule has 1 aromatic rings. The lowest BCUT2D eigenvalue weighted by Crippen LogP contribution is -2.45. The average Bonchev–Trinajstić information content (AvgIpc) is 2.50. The number of morpholine rings is 1. The van der Waals surface area contributed by atoms with E-state index in [2.05, 4.69) is 18.7 Å². The number of benzene rings is 1. The largest absolute Gasteiger partial charge is 0.494 e. The monoisotopic (exact) mass is 355 g/mol. The summed E-state index contributed by atoms with van der Waals surface area (Å²) in [4.78, 5) is 13.4. The molecule has 0 bridgehead atoms. The van der Waals surface area contributed by atoms with Gasteiger partial charge in [0.15, 0.2) is 0 Å². The zero-order valence-corrected chi connectivity index (χ0v) is 15.8. The topological polar surface area (TPSA) is 38.8 Å². The van der Waals surface area contributed by atoms with Crippen molar-refractivity contribution in [1.29, 1.82) is 0 Å². The van der Waals surface area contributed by atoms with Crippen molar-refractivity contribution in [3.05, 3.63) is 29.8 Å². The van der Waals surface area contributed by atoms with Gasteiger partial charge in [-0.3, -0.25) is 4.90 Å². The third kappa shape index (κ3) is 7.65. The Morgan fingerprint density at radius 1 is 1.21 bits per heavy atom. The van der Waals surface area contributed by atoms with Crippen LogP contribution < -0.4 is 4.74 Å². The van der Waals surface area contributed by atoms with Gasteiger partial charge in [0.1, 0.15) is 11.5 Å². The molecule has 0 N–H and O–H groups in total. The summed E-state index contributed by atoms with van der Waals surface area (Å²) in [7, 11) is 0. The second-order valence-electron chi connectivity index (χ2n) is 6.56. The minimum atomic E-state index is 0. The molecule has 1 aliphatic heterocycles. The van der Waals surface area contributed by atoms with Gasteiger partial charge >= 0.3 is 0 Å². The summed E-state index contributed by atoms with van der Waals surface area (Å²) in [6, 6.07) is 8.08. The van der Waals surface area contributed by atoms with E-state index in [1.807, 2.05) is 24.3 Å². The van der Waals surface area contributed by atoms with Gasteiger partial charge < -0.3 is 14.3 Å². The van der Waals surface area contributed by atoms with Crippen LogP contribution in [0.4, 0.5) is 0 Å².